The molecule has 1 N–H and O–H groups in total. The van der Waals surface area contributed by atoms with Gasteiger partial charge in [0.05, 0.1) is 11.5 Å². The Morgan fingerprint density at radius 1 is 1.38 bits per heavy atom. The first-order valence-electron chi connectivity index (χ1n) is 9.28. The molecule has 5 heteroatoms. The molecule has 0 radical (unpaired) electrons. The Balaban J connectivity index is 1.36. The predicted octanol–water partition coefficient (Wildman–Crippen LogP) is 1.63. The van der Waals surface area contributed by atoms with E-state index in [1.807, 2.05) is 18.2 Å². The van der Waals surface area contributed by atoms with E-state index in [2.05, 4.69) is 15.2 Å². The van der Waals surface area contributed by atoms with Crippen molar-refractivity contribution in [2.24, 2.45) is 11.3 Å². The predicted molar refractivity (Wildman–Crippen MR) is 91.5 cm³/mol. The largest absolute Gasteiger partial charge is 0.377 e. The van der Waals surface area contributed by atoms with Gasteiger partial charge in [-0.05, 0) is 43.7 Å². The van der Waals surface area contributed by atoms with Crippen LogP contribution in [0.1, 0.15) is 31.4 Å². The van der Waals surface area contributed by atoms with Crippen molar-refractivity contribution in [3.05, 3.63) is 30.1 Å². The van der Waals surface area contributed by atoms with Crippen LogP contribution in [0.25, 0.3) is 0 Å². The lowest BCUT2D eigenvalue weighted by Crippen LogP contribution is -2.57. The molecule has 130 valence electrons. The highest BCUT2D eigenvalue weighted by Crippen LogP contribution is 2.42. The van der Waals surface area contributed by atoms with E-state index in [4.69, 9.17) is 4.74 Å². The number of pyridine rings is 1. The van der Waals surface area contributed by atoms with E-state index in [0.717, 1.165) is 57.1 Å². The first-order chi connectivity index (χ1) is 11.8. The smallest absolute Gasteiger partial charge is 0.230 e. The quantitative estimate of drug-likeness (QED) is 0.862. The zero-order chi connectivity index (χ0) is 16.4. The average Bonchev–Trinajstić information content (AvgIpc) is 3.31. The van der Waals surface area contributed by atoms with Crippen LogP contribution in [-0.4, -0.2) is 54.7 Å². The summed E-state index contributed by atoms with van der Waals surface area (Å²) < 4.78 is 5.92. The maximum Gasteiger partial charge on any atom is 0.230 e. The highest BCUT2D eigenvalue weighted by Gasteiger charge is 2.53. The average molecular weight is 329 g/mol. The fourth-order valence-electron chi connectivity index (χ4n) is 4.20. The number of amides is 1. The molecule has 2 aliphatic heterocycles. The summed E-state index contributed by atoms with van der Waals surface area (Å²) in [5.74, 6) is 1.05. The Bertz CT molecular complexity index is 575. The fourth-order valence-corrected chi connectivity index (χ4v) is 4.20. The van der Waals surface area contributed by atoms with E-state index >= 15 is 0 Å². The Morgan fingerprint density at radius 3 is 3.08 bits per heavy atom. The van der Waals surface area contributed by atoms with Crippen LogP contribution < -0.4 is 5.32 Å². The molecule has 2 atom stereocenters. The Morgan fingerprint density at radius 2 is 2.29 bits per heavy atom. The summed E-state index contributed by atoms with van der Waals surface area (Å²) in [6, 6.07) is 5.91. The maximum atomic E-state index is 13.0. The topological polar surface area (TPSA) is 54.5 Å². The molecule has 0 aromatic carbocycles. The molecule has 1 amide bonds. The SMILES string of the molecule is O=C(NCCc1ccccn1)[C@]12CCO[C@H]1CCN(CC1CC1)C2. The summed E-state index contributed by atoms with van der Waals surface area (Å²) in [5, 5.41) is 3.17. The molecule has 24 heavy (non-hydrogen) atoms. The molecule has 1 aromatic heterocycles. The van der Waals surface area contributed by atoms with Crippen LogP contribution in [0.4, 0.5) is 0 Å². The third kappa shape index (κ3) is 3.33. The molecule has 0 unspecified atom stereocenters. The highest BCUT2D eigenvalue weighted by molar-refractivity contribution is 5.84. The minimum absolute atomic E-state index is 0.0998. The zero-order valence-electron chi connectivity index (χ0n) is 14.2. The summed E-state index contributed by atoms with van der Waals surface area (Å²) in [6.07, 6.45) is 7.24. The molecule has 3 fully saturated rings. The minimum atomic E-state index is -0.336. The highest BCUT2D eigenvalue weighted by atomic mass is 16.5. The van der Waals surface area contributed by atoms with Crippen molar-refractivity contribution in [1.29, 1.82) is 0 Å². The Kier molecular flexibility index (Phi) is 4.55. The minimum Gasteiger partial charge on any atom is -0.377 e. The molecule has 0 spiro atoms. The molecule has 4 rings (SSSR count). The van der Waals surface area contributed by atoms with Crippen molar-refractivity contribution >= 4 is 5.91 Å². The van der Waals surface area contributed by atoms with Crippen LogP contribution in [0, 0.1) is 11.3 Å². The third-order valence-electron chi connectivity index (χ3n) is 5.76. The number of likely N-dealkylation sites (tertiary alicyclic amines) is 1. The van der Waals surface area contributed by atoms with Gasteiger partial charge in [-0.15, -0.1) is 0 Å². The van der Waals surface area contributed by atoms with Gasteiger partial charge in [0.2, 0.25) is 5.91 Å². The van der Waals surface area contributed by atoms with Gasteiger partial charge < -0.3 is 15.0 Å². The summed E-state index contributed by atoms with van der Waals surface area (Å²) in [5.41, 5.74) is 0.686. The van der Waals surface area contributed by atoms with Gasteiger partial charge in [0.25, 0.3) is 0 Å². The lowest BCUT2D eigenvalue weighted by atomic mass is 9.75. The van der Waals surface area contributed by atoms with Gasteiger partial charge in [0.15, 0.2) is 0 Å². The normalized spacial score (nSPS) is 30.1. The number of carbonyl (C=O) groups is 1. The van der Waals surface area contributed by atoms with Gasteiger partial charge in [-0.3, -0.25) is 9.78 Å². The number of rotatable bonds is 6. The summed E-state index contributed by atoms with van der Waals surface area (Å²) in [4.78, 5) is 19.8. The number of nitrogens with one attached hydrogen (secondary N) is 1. The van der Waals surface area contributed by atoms with Crippen LogP contribution >= 0.6 is 0 Å². The molecule has 3 aliphatic rings. The Labute approximate surface area is 143 Å². The van der Waals surface area contributed by atoms with E-state index in [0.29, 0.717) is 6.54 Å². The molecule has 0 bridgehead atoms. The van der Waals surface area contributed by atoms with Crippen LogP contribution in [0.5, 0.6) is 0 Å². The van der Waals surface area contributed by atoms with Gasteiger partial charge in [-0.1, -0.05) is 6.07 Å². The van der Waals surface area contributed by atoms with E-state index < -0.39 is 0 Å². The number of ether oxygens (including phenoxy) is 1. The summed E-state index contributed by atoms with van der Waals surface area (Å²) in [7, 11) is 0. The number of piperidine rings is 1. The lowest BCUT2D eigenvalue weighted by molar-refractivity contribution is -0.139. The van der Waals surface area contributed by atoms with Crippen LogP contribution in [0.2, 0.25) is 0 Å². The molecule has 3 heterocycles. The van der Waals surface area contributed by atoms with E-state index in [1.54, 1.807) is 6.20 Å². The van der Waals surface area contributed by atoms with Gasteiger partial charge in [0, 0.05) is 51.1 Å². The molecule has 1 aliphatic carbocycles. The Hall–Kier alpha value is -1.46. The van der Waals surface area contributed by atoms with Crippen molar-refractivity contribution in [1.82, 2.24) is 15.2 Å². The number of hydrogen-bond donors (Lipinski definition) is 1. The first kappa shape index (κ1) is 16.0. The molecular weight excluding hydrogens is 302 g/mol. The molecule has 1 saturated carbocycles. The van der Waals surface area contributed by atoms with Crippen LogP contribution in [0.15, 0.2) is 24.4 Å². The van der Waals surface area contributed by atoms with Crippen molar-refractivity contribution in [3.63, 3.8) is 0 Å². The number of carbonyl (C=O) groups excluding carboxylic acids is 1. The van der Waals surface area contributed by atoms with Crippen LogP contribution in [-0.2, 0) is 16.0 Å². The van der Waals surface area contributed by atoms with Crippen molar-refractivity contribution in [2.45, 2.75) is 38.2 Å². The summed E-state index contributed by atoms with van der Waals surface area (Å²) >= 11 is 0. The van der Waals surface area contributed by atoms with Crippen LogP contribution in [0.3, 0.4) is 0 Å². The molecule has 1 aromatic rings. The van der Waals surface area contributed by atoms with Crippen molar-refractivity contribution in [3.8, 4) is 0 Å². The van der Waals surface area contributed by atoms with Gasteiger partial charge in [0.1, 0.15) is 0 Å². The van der Waals surface area contributed by atoms with E-state index in [1.165, 1.54) is 12.8 Å². The summed E-state index contributed by atoms with van der Waals surface area (Å²) in [6.45, 7) is 4.46. The number of fused-ring (bicyclic) bond motifs is 1. The van der Waals surface area contributed by atoms with Gasteiger partial charge in [-0.25, -0.2) is 0 Å². The second kappa shape index (κ2) is 6.81. The first-order valence-corrected chi connectivity index (χ1v) is 9.28. The third-order valence-corrected chi connectivity index (χ3v) is 5.76. The standard InChI is InChI=1S/C19H27N3O2/c23-18(21-10-6-16-3-1-2-9-20-16)19-8-12-24-17(19)7-11-22(14-19)13-15-4-5-15/h1-3,9,15,17H,4-8,10-14H2,(H,21,23)/t17-,19-/m0/s1. The molecule has 2 saturated heterocycles. The van der Waals surface area contributed by atoms with Crippen molar-refractivity contribution < 1.29 is 9.53 Å². The second-order valence-electron chi connectivity index (χ2n) is 7.56. The molecular formula is C19H27N3O2. The number of nitrogens with zero attached hydrogens (tertiary/aromatic N) is 2. The fraction of sp³-hybridized carbons (Fsp3) is 0.684. The van der Waals surface area contributed by atoms with Crippen molar-refractivity contribution in [2.75, 3.05) is 32.8 Å². The zero-order valence-corrected chi connectivity index (χ0v) is 14.2. The van der Waals surface area contributed by atoms with Gasteiger partial charge >= 0.3 is 0 Å². The second-order valence-corrected chi connectivity index (χ2v) is 7.56. The lowest BCUT2D eigenvalue weighted by Gasteiger charge is -2.42. The number of aromatic nitrogens is 1. The molecule has 5 nitrogen and oxygen atoms in total. The van der Waals surface area contributed by atoms with Gasteiger partial charge in [-0.2, -0.15) is 0 Å². The maximum absolute atomic E-state index is 13.0. The van der Waals surface area contributed by atoms with E-state index in [9.17, 15) is 4.79 Å². The monoisotopic (exact) mass is 329 g/mol. The van der Waals surface area contributed by atoms with E-state index in [-0.39, 0.29) is 17.4 Å². The number of hydrogen-bond acceptors (Lipinski definition) is 4.